The molecule has 1 aromatic rings. The van der Waals surface area contributed by atoms with E-state index >= 15 is 0 Å². The van der Waals surface area contributed by atoms with Crippen LogP contribution in [0.5, 0.6) is 0 Å². The number of halogens is 1. The van der Waals surface area contributed by atoms with Crippen LogP contribution in [0.2, 0.25) is 0 Å². The fourth-order valence-corrected chi connectivity index (χ4v) is 3.08. The maximum Gasteiger partial charge on any atom is 0.265 e. The van der Waals surface area contributed by atoms with Gasteiger partial charge in [0.2, 0.25) is 0 Å². The lowest BCUT2D eigenvalue weighted by Gasteiger charge is -2.28. The van der Waals surface area contributed by atoms with Crippen LogP contribution in [0.15, 0.2) is 0 Å². The highest BCUT2D eigenvalue weighted by Gasteiger charge is 2.34. The summed E-state index contributed by atoms with van der Waals surface area (Å²) in [6.07, 6.45) is 2.85. The van der Waals surface area contributed by atoms with Crippen LogP contribution in [0.1, 0.15) is 35.1 Å². The molecule has 0 bridgehead atoms. The average Bonchev–Trinajstić information content (AvgIpc) is 3.05. The Morgan fingerprint density at radius 3 is 3.00 bits per heavy atom. The molecule has 2 heterocycles. The summed E-state index contributed by atoms with van der Waals surface area (Å²) in [7, 11) is 1.69. The number of rotatable bonds is 6. The van der Waals surface area contributed by atoms with Gasteiger partial charge in [-0.2, -0.15) is 0 Å². The van der Waals surface area contributed by atoms with Crippen molar-refractivity contribution in [2.24, 2.45) is 0 Å². The van der Waals surface area contributed by atoms with Crippen LogP contribution in [0.4, 0.5) is 0 Å². The molecule has 0 spiro atoms. The van der Waals surface area contributed by atoms with E-state index in [0.29, 0.717) is 18.0 Å². The quantitative estimate of drug-likeness (QED) is 0.818. The van der Waals surface area contributed by atoms with Crippen molar-refractivity contribution in [3.8, 4) is 0 Å². The van der Waals surface area contributed by atoms with Crippen molar-refractivity contribution in [2.75, 3.05) is 26.8 Å². The van der Waals surface area contributed by atoms with Crippen molar-refractivity contribution >= 4 is 29.8 Å². The van der Waals surface area contributed by atoms with Crippen LogP contribution >= 0.6 is 23.9 Å². The number of carbonyl (C=O) groups is 1. The fourth-order valence-electron chi connectivity index (χ4n) is 2.41. The minimum atomic E-state index is -0.130. The van der Waals surface area contributed by atoms with Crippen LogP contribution < -0.4 is 10.6 Å². The lowest BCUT2D eigenvalue weighted by Crippen LogP contribution is -2.53. The summed E-state index contributed by atoms with van der Waals surface area (Å²) in [5, 5.41) is 10.4. The van der Waals surface area contributed by atoms with E-state index in [4.69, 9.17) is 4.74 Å². The standard InChI is InChI=1S/C12H20N4O2S.ClH/c1-3-9-10(19-16-15-9)11(17)13-7-12(8-18-2)5-4-6-14-12;/h14H,3-8H2,1-2H3,(H,13,17);1H. The van der Waals surface area contributed by atoms with E-state index in [1.54, 1.807) is 7.11 Å². The van der Waals surface area contributed by atoms with E-state index in [1.807, 2.05) is 6.92 Å². The maximum atomic E-state index is 12.1. The first-order valence-corrected chi connectivity index (χ1v) is 7.31. The molecule has 1 aliphatic heterocycles. The number of ether oxygens (including phenoxy) is 1. The van der Waals surface area contributed by atoms with Crippen LogP contribution in [-0.4, -0.2) is 47.8 Å². The van der Waals surface area contributed by atoms with Crippen molar-refractivity contribution in [2.45, 2.75) is 31.7 Å². The zero-order chi connectivity index (χ0) is 13.7. The number of aryl methyl sites for hydroxylation is 1. The lowest BCUT2D eigenvalue weighted by molar-refractivity contribution is 0.0895. The molecule has 0 saturated carbocycles. The van der Waals surface area contributed by atoms with Gasteiger partial charge in [-0.15, -0.1) is 17.5 Å². The normalized spacial score (nSPS) is 21.5. The van der Waals surface area contributed by atoms with Crippen molar-refractivity contribution in [1.82, 2.24) is 20.2 Å². The third-order valence-corrected chi connectivity index (χ3v) is 4.20. The monoisotopic (exact) mass is 320 g/mol. The first-order valence-electron chi connectivity index (χ1n) is 6.54. The van der Waals surface area contributed by atoms with E-state index in [-0.39, 0.29) is 23.9 Å². The van der Waals surface area contributed by atoms with Gasteiger partial charge in [0, 0.05) is 13.7 Å². The molecule has 8 heteroatoms. The molecule has 1 fully saturated rings. The molecule has 20 heavy (non-hydrogen) atoms. The molecule has 1 atom stereocenters. The Labute approximate surface area is 129 Å². The van der Waals surface area contributed by atoms with Crippen LogP contribution in [0.25, 0.3) is 0 Å². The second kappa shape index (κ2) is 7.87. The van der Waals surface area contributed by atoms with Crippen molar-refractivity contribution in [1.29, 1.82) is 0 Å². The summed E-state index contributed by atoms with van der Waals surface area (Å²) < 4.78 is 9.10. The van der Waals surface area contributed by atoms with Gasteiger partial charge >= 0.3 is 0 Å². The number of nitrogens with one attached hydrogen (secondary N) is 2. The number of nitrogens with zero attached hydrogens (tertiary/aromatic N) is 2. The summed E-state index contributed by atoms with van der Waals surface area (Å²) in [4.78, 5) is 12.8. The zero-order valence-electron chi connectivity index (χ0n) is 11.8. The number of hydrogen-bond acceptors (Lipinski definition) is 6. The summed E-state index contributed by atoms with van der Waals surface area (Å²) in [5.74, 6) is -0.0870. The van der Waals surface area contributed by atoms with Crippen molar-refractivity contribution in [3.05, 3.63) is 10.6 Å². The van der Waals surface area contributed by atoms with Gasteiger partial charge in [0.1, 0.15) is 4.88 Å². The molecule has 6 nitrogen and oxygen atoms in total. The molecule has 1 aliphatic rings. The Hall–Kier alpha value is -0.760. The summed E-state index contributed by atoms with van der Waals surface area (Å²) in [6, 6.07) is 0. The predicted octanol–water partition coefficient (Wildman–Crippen LogP) is 1.02. The highest BCUT2D eigenvalue weighted by atomic mass is 35.5. The Morgan fingerprint density at radius 1 is 1.60 bits per heavy atom. The third kappa shape index (κ3) is 3.88. The second-order valence-electron chi connectivity index (χ2n) is 4.83. The Balaban J connectivity index is 0.00000200. The second-order valence-corrected chi connectivity index (χ2v) is 5.58. The number of methoxy groups -OCH3 is 1. The molecule has 0 radical (unpaired) electrons. The van der Waals surface area contributed by atoms with Gasteiger partial charge in [0.05, 0.1) is 17.8 Å². The van der Waals surface area contributed by atoms with Gasteiger partial charge in [-0.25, -0.2) is 0 Å². The molecule has 1 saturated heterocycles. The van der Waals surface area contributed by atoms with Gasteiger partial charge < -0.3 is 15.4 Å². The number of carbonyl (C=O) groups excluding carboxylic acids is 1. The predicted molar refractivity (Wildman–Crippen MR) is 80.7 cm³/mol. The molecule has 2 rings (SSSR count). The molecule has 0 aromatic carbocycles. The molecular weight excluding hydrogens is 300 g/mol. The Kier molecular flexibility index (Phi) is 6.81. The van der Waals surface area contributed by atoms with E-state index in [1.165, 1.54) is 0 Å². The average molecular weight is 321 g/mol. The number of amides is 1. The van der Waals surface area contributed by atoms with Crippen LogP contribution in [0.3, 0.4) is 0 Å². The highest BCUT2D eigenvalue weighted by Crippen LogP contribution is 2.19. The van der Waals surface area contributed by atoms with E-state index in [2.05, 4.69) is 20.2 Å². The highest BCUT2D eigenvalue weighted by molar-refractivity contribution is 7.08. The molecule has 114 valence electrons. The fraction of sp³-hybridized carbons (Fsp3) is 0.750. The minimum absolute atomic E-state index is 0. The first kappa shape index (κ1) is 17.3. The zero-order valence-corrected chi connectivity index (χ0v) is 13.4. The molecular formula is C12H21ClN4O2S. The SMILES string of the molecule is CCc1nnsc1C(=O)NCC1(COC)CCCN1.Cl. The molecule has 1 amide bonds. The van der Waals surface area contributed by atoms with Gasteiger partial charge in [0.15, 0.2) is 0 Å². The van der Waals surface area contributed by atoms with Gasteiger partial charge in [-0.1, -0.05) is 11.4 Å². The molecule has 0 aliphatic carbocycles. The smallest absolute Gasteiger partial charge is 0.265 e. The van der Waals surface area contributed by atoms with Crippen LogP contribution in [0, 0.1) is 0 Å². The summed E-state index contributed by atoms with van der Waals surface area (Å²) >= 11 is 1.15. The topological polar surface area (TPSA) is 76.1 Å². The van der Waals surface area contributed by atoms with Gasteiger partial charge in [-0.05, 0) is 37.3 Å². The van der Waals surface area contributed by atoms with Crippen molar-refractivity contribution in [3.63, 3.8) is 0 Å². The van der Waals surface area contributed by atoms with Gasteiger partial charge in [0.25, 0.3) is 5.91 Å². The Morgan fingerprint density at radius 2 is 2.40 bits per heavy atom. The summed E-state index contributed by atoms with van der Waals surface area (Å²) in [5.41, 5.74) is 0.636. The lowest BCUT2D eigenvalue weighted by atomic mass is 9.98. The Bertz CT molecular complexity index is 435. The molecule has 1 unspecified atom stereocenters. The van der Waals surface area contributed by atoms with Crippen molar-refractivity contribution < 1.29 is 9.53 Å². The molecule has 2 N–H and O–H groups in total. The van der Waals surface area contributed by atoms with E-state index < -0.39 is 0 Å². The van der Waals surface area contributed by atoms with E-state index in [9.17, 15) is 4.79 Å². The molecule has 1 aromatic heterocycles. The number of hydrogen-bond donors (Lipinski definition) is 2. The van der Waals surface area contributed by atoms with Crippen LogP contribution in [-0.2, 0) is 11.2 Å². The third-order valence-electron chi connectivity index (χ3n) is 3.44. The maximum absolute atomic E-state index is 12.1. The minimum Gasteiger partial charge on any atom is -0.383 e. The van der Waals surface area contributed by atoms with E-state index in [0.717, 1.165) is 43.0 Å². The van der Waals surface area contributed by atoms with Gasteiger partial charge in [-0.3, -0.25) is 4.79 Å². The summed E-state index contributed by atoms with van der Waals surface area (Å²) in [6.45, 7) is 4.12. The largest absolute Gasteiger partial charge is 0.383 e. The first-order chi connectivity index (χ1) is 9.21. The number of aromatic nitrogens is 2.